The minimum Gasteiger partial charge on any atom is -0.372 e. The smallest absolute Gasteiger partial charge is 0.276 e. The van der Waals surface area contributed by atoms with Gasteiger partial charge in [-0.3, -0.25) is 14.3 Å². The highest BCUT2D eigenvalue weighted by molar-refractivity contribution is 6.04. The predicted molar refractivity (Wildman–Crippen MR) is 122 cm³/mol. The van der Waals surface area contributed by atoms with Crippen LogP contribution in [0.5, 0.6) is 0 Å². The number of piperidine rings is 1. The van der Waals surface area contributed by atoms with Crippen LogP contribution in [0, 0.1) is 0 Å². The molecule has 2 aromatic carbocycles. The van der Waals surface area contributed by atoms with E-state index in [-0.39, 0.29) is 23.9 Å². The number of anilines is 3. The maximum atomic E-state index is 12.6. The van der Waals surface area contributed by atoms with Gasteiger partial charge < -0.3 is 15.5 Å². The van der Waals surface area contributed by atoms with Crippen LogP contribution in [0.25, 0.3) is 0 Å². The lowest BCUT2D eigenvalue weighted by Crippen LogP contribution is -2.29. The second-order valence-electron chi connectivity index (χ2n) is 7.80. The summed E-state index contributed by atoms with van der Waals surface area (Å²) in [6, 6.07) is 19.0. The molecule has 7 heteroatoms. The van der Waals surface area contributed by atoms with Crippen LogP contribution >= 0.6 is 0 Å². The van der Waals surface area contributed by atoms with E-state index in [2.05, 4.69) is 20.6 Å². The van der Waals surface area contributed by atoms with Gasteiger partial charge in [0.1, 0.15) is 5.82 Å². The molecule has 4 rings (SSSR count). The van der Waals surface area contributed by atoms with Crippen molar-refractivity contribution in [3.63, 3.8) is 0 Å². The van der Waals surface area contributed by atoms with Gasteiger partial charge in [-0.15, -0.1) is 0 Å². The van der Waals surface area contributed by atoms with Gasteiger partial charge in [0.15, 0.2) is 5.69 Å². The SMILES string of the molecule is Cn1nc(C(=O)Nc2ccc(N3CCCCC3)cc2)cc1NC(=O)Cc1ccccc1. The predicted octanol–water partition coefficient (Wildman–Crippen LogP) is 3.84. The van der Waals surface area contributed by atoms with Crippen LogP contribution in [0.2, 0.25) is 0 Å². The number of aromatic nitrogens is 2. The standard InChI is InChI=1S/C24H27N5O2/c1-28-22(26-23(30)16-18-8-4-2-5-9-18)17-21(27-28)24(31)25-19-10-12-20(13-11-19)29-14-6-3-7-15-29/h2,4-5,8-13,17H,3,6-7,14-16H2,1H3,(H,25,31)(H,26,30). The normalized spacial score (nSPS) is 13.6. The fourth-order valence-electron chi connectivity index (χ4n) is 3.77. The number of hydrogen-bond acceptors (Lipinski definition) is 4. The fourth-order valence-corrected chi connectivity index (χ4v) is 3.77. The highest BCUT2D eigenvalue weighted by Crippen LogP contribution is 2.22. The van der Waals surface area contributed by atoms with E-state index in [0.717, 1.165) is 18.7 Å². The maximum absolute atomic E-state index is 12.6. The van der Waals surface area contributed by atoms with Crippen molar-refractivity contribution in [1.82, 2.24) is 9.78 Å². The molecule has 0 saturated carbocycles. The third kappa shape index (κ3) is 5.31. The highest BCUT2D eigenvalue weighted by atomic mass is 16.2. The van der Waals surface area contributed by atoms with Crippen molar-refractivity contribution in [2.24, 2.45) is 7.05 Å². The molecule has 2 heterocycles. The van der Waals surface area contributed by atoms with Crippen LogP contribution in [0.15, 0.2) is 60.7 Å². The molecule has 0 atom stereocenters. The first-order valence-corrected chi connectivity index (χ1v) is 10.6. The molecular weight excluding hydrogens is 390 g/mol. The summed E-state index contributed by atoms with van der Waals surface area (Å²) in [5.41, 5.74) is 3.07. The summed E-state index contributed by atoms with van der Waals surface area (Å²) in [7, 11) is 1.70. The van der Waals surface area contributed by atoms with Gasteiger partial charge in [0, 0.05) is 37.6 Å². The summed E-state index contributed by atoms with van der Waals surface area (Å²) in [6.07, 6.45) is 4.01. The number of nitrogens with one attached hydrogen (secondary N) is 2. The summed E-state index contributed by atoms with van der Waals surface area (Å²) < 4.78 is 1.50. The van der Waals surface area contributed by atoms with Crippen molar-refractivity contribution in [3.05, 3.63) is 71.9 Å². The first kappa shape index (κ1) is 20.7. The Morgan fingerprint density at radius 2 is 1.65 bits per heavy atom. The first-order chi connectivity index (χ1) is 15.1. The summed E-state index contributed by atoms with van der Waals surface area (Å²) in [5.74, 6) is 0.00543. The molecule has 0 bridgehead atoms. The Morgan fingerprint density at radius 3 is 2.35 bits per heavy atom. The molecule has 0 unspecified atom stereocenters. The molecule has 0 aliphatic carbocycles. The monoisotopic (exact) mass is 417 g/mol. The highest BCUT2D eigenvalue weighted by Gasteiger charge is 2.16. The number of nitrogens with zero attached hydrogens (tertiary/aromatic N) is 3. The number of hydrogen-bond donors (Lipinski definition) is 2. The van der Waals surface area contributed by atoms with Crippen molar-refractivity contribution in [1.29, 1.82) is 0 Å². The topological polar surface area (TPSA) is 79.3 Å². The van der Waals surface area contributed by atoms with Gasteiger partial charge in [0.05, 0.1) is 6.42 Å². The second kappa shape index (κ2) is 9.47. The maximum Gasteiger partial charge on any atom is 0.276 e. The van der Waals surface area contributed by atoms with Gasteiger partial charge in [-0.05, 0) is 49.1 Å². The van der Waals surface area contributed by atoms with Crippen LogP contribution in [0.1, 0.15) is 35.3 Å². The van der Waals surface area contributed by atoms with E-state index in [0.29, 0.717) is 11.5 Å². The van der Waals surface area contributed by atoms with E-state index in [1.165, 1.54) is 29.6 Å². The van der Waals surface area contributed by atoms with Gasteiger partial charge in [-0.25, -0.2) is 0 Å². The zero-order valence-electron chi connectivity index (χ0n) is 17.7. The van der Waals surface area contributed by atoms with E-state index in [9.17, 15) is 9.59 Å². The van der Waals surface area contributed by atoms with Crippen molar-refractivity contribution in [3.8, 4) is 0 Å². The van der Waals surface area contributed by atoms with Crippen LogP contribution in [0.3, 0.4) is 0 Å². The van der Waals surface area contributed by atoms with Crippen LogP contribution in [-0.4, -0.2) is 34.7 Å². The van der Waals surface area contributed by atoms with Crippen LogP contribution in [-0.2, 0) is 18.3 Å². The van der Waals surface area contributed by atoms with Crippen molar-refractivity contribution in [2.45, 2.75) is 25.7 Å². The Kier molecular flexibility index (Phi) is 6.31. The molecule has 0 spiro atoms. The van der Waals surface area contributed by atoms with E-state index >= 15 is 0 Å². The molecule has 1 fully saturated rings. The Balaban J connectivity index is 1.36. The Morgan fingerprint density at radius 1 is 0.935 bits per heavy atom. The summed E-state index contributed by atoms with van der Waals surface area (Å²) in [4.78, 5) is 27.3. The van der Waals surface area contributed by atoms with Crippen molar-refractivity contribution >= 4 is 29.0 Å². The first-order valence-electron chi connectivity index (χ1n) is 10.6. The van der Waals surface area contributed by atoms with E-state index < -0.39 is 0 Å². The lowest BCUT2D eigenvalue weighted by molar-refractivity contribution is -0.115. The average molecular weight is 418 g/mol. The third-order valence-electron chi connectivity index (χ3n) is 5.43. The fraction of sp³-hybridized carbons (Fsp3) is 0.292. The van der Waals surface area contributed by atoms with Gasteiger partial charge in [-0.2, -0.15) is 5.10 Å². The summed E-state index contributed by atoms with van der Waals surface area (Å²) in [5, 5.41) is 9.93. The Hall–Kier alpha value is -3.61. The lowest BCUT2D eigenvalue weighted by Gasteiger charge is -2.28. The average Bonchev–Trinajstić information content (AvgIpc) is 3.16. The Bertz CT molecular complexity index is 1040. The molecule has 160 valence electrons. The number of benzene rings is 2. The van der Waals surface area contributed by atoms with E-state index in [4.69, 9.17) is 0 Å². The number of amides is 2. The molecule has 1 saturated heterocycles. The summed E-state index contributed by atoms with van der Waals surface area (Å²) in [6.45, 7) is 2.16. The number of carbonyl (C=O) groups is 2. The minimum absolute atomic E-state index is 0.158. The van der Waals surface area contributed by atoms with Crippen molar-refractivity contribution in [2.75, 3.05) is 28.6 Å². The van der Waals surface area contributed by atoms with E-state index in [1.807, 2.05) is 54.6 Å². The van der Waals surface area contributed by atoms with E-state index in [1.54, 1.807) is 13.1 Å². The van der Waals surface area contributed by atoms with Crippen LogP contribution < -0.4 is 15.5 Å². The minimum atomic E-state index is -0.315. The quantitative estimate of drug-likeness (QED) is 0.639. The molecule has 1 aromatic heterocycles. The molecule has 0 radical (unpaired) electrons. The van der Waals surface area contributed by atoms with Gasteiger partial charge in [0.25, 0.3) is 5.91 Å². The molecule has 1 aliphatic heterocycles. The van der Waals surface area contributed by atoms with Gasteiger partial charge in [0.2, 0.25) is 5.91 Å². The van der Waals surface area contributed by atoms with Gasteiger partial charge >= 0.3 is 0 Å². The molecule has 2 amide bonds. The number of aryl methyl sites for hydroxylation is 1. The third-order valence-corrected chi connectivity index (χ3v) is 5.43. The van der Waals surface area contributed by atoms with Crippen LogP contribution in [0.4, 0.5) is 17.2 Å². The Labute approximate surface area is 182 Å². The second-order valence-corrected chi connectivity index (χ2v) is 7.80. The van der Waals surface area contributed by atoms with Crippen molar-refractivity contribution < 1.29 is 9.59 Å². The number of carbonyl (C=O) groups excluding carboxylic acids is 2. The molecule has 2 N–H and O–H groups in total. The molecule has 7 nitrogen and oxygen atoms in total. The zero-order chi connectivity index (χ0) is 21.6. The molecule has 1 aliphatic rings. The largest absolute Gasteiger partial charge is 0.372 e. The summed E-state index contributed by atoms with van der Waals surface area (Å²) >= 11 is 0. The molecular formula is C24H27N5O2. The molecule has 3 aromatic rings. The van der Waals surface area contributed by atoms with Gasteiger partial charge in [-0.1, -0.05) is 30.3 Å². The molecule has 31 heavy (non-hydrogen) atoms. The number of rotatable bonds is 6. The lowest BCUT2D eigenvalue weighted by atomic mass is 10.1. The zero-order valence-corrected chi connectivity index (χ0v) is 17.7.